The first-order chi connectivity index (χ1) is 8.63. The fourth-order valence-electron chi connectivity index (χ4n) is 2.22. The standard InChI is InChI=1S/C13H17BrN2O2.ClH/c1-9-11(13(17)18-2)7-10(14)8-12(9)16-5-3-15-4-6-16;/h7-8,15H,3-6H2,1-2H3;1H. The predicted molar refractivity (Wildman–Crippen MR) is 82.5 cm³/mol. The highest BCUT2D eigenvalue weighted by Crippen LogP contribution is 2.29. The number of piperazine rings is 1. The van der Waals surface area contributed by atoms with E-state index in [1.54, 1.807) is 0 Å². The molecule has 0 bridgehead atoms. The first-order valence-electron chi connectivity index (χ1n) is 5.97. The molecule has 1 N–H and O–H groups in total. The Morgan fingerprint density at radius 2 is 2.00 bits per heavy atom. The molecule has 4 nitrogen and oxygen atoms in total. The average molecular weight is 350 g/mol. The first-order valence-corrected chi connectivity index (χ1v) is 6.77. The van der Waals surface area contributed by atoms with Crippen molar-refractivity contribution in [2.45, 2.75) is 6.92 Å². The van der Waals surface area contributed by atoms with Gasteiger partial charge >= 0.3 is 5.97 Å². The molecule has 0 saturated carbocycles. The molecule has 0 spiro atoms. The molecule has 6 heteroatoms. The Kier molecular flexibility index (Phi) is 6.10. The van der Waals surface area contributed by atoms with E-state index in [1.807, 2.05) is 13.0 Å². The largest absolute Gasteiger partial charge is 0.465 e. The molecule has 2 rings (SSSR count). The van der Waals surface area contributed by atoms with Crippen molar-refractivity contribution >= 4 is 40.0 Å². The lowest BCUT2D eigenvalue weighted by molar-refractivity contribution is 0.0600. The van der Waals surface area contributed by atoms with E-state index in [9.17, 15) is 4.79 Å². The summed E-state index contributed by atoms with van der Waals surface area (Å²) in [5, 5.41) is 3.32. The van der Waals surface area contributed by atoms with Gasteiger partial charge in [0.2, 0.25) is 0 Å². The molecule has 1 aromatic carbocycles. The summed E-state index contributed by atoms with van der Waals surface area (Å²) < 4.78 is 5.73. The van der Waals surface area contributed by atoms with Gasteiger partial charge in [0.05, 0.1) is 12.7 Å². The van der Waals surface area contributed by atoms with Crippen molar-refractivity contribution < 1.29 is 9.53 Å². The van der Waals surface area contributed by atoms with Crippen molar-refractivity contribution in [3.63, 3.8) is 0 Å². The van der Waals surface area contributed by atoms with Crippen LogP contribution in [0.2, 0.25) is 0 Å². The normalized spacial score (nSPS) is 14.8. The molecule has 1 fully saturated rings. The highest BCUT2D eigenvalue weighted by molar-refractivity contribution is 9.10. The summed E-state index contributed by atoms with van der Waals surface area (Å²) in [5.41, 5.74) is 2.71. The highest BCUT2D eigenvalue weighted by atomic mass is 79.9. The van der Waals surface area contributed by atoms with Crippen molar-refractivity contribution in [2.75, 3.05) is 38.2 Å². The third-order valence-electron chi connectivity index (χ3n) is 3.21. The van der Waals surface area contributed by atoms with Crippen molar-refractivity contribution in [2.24, 2.45) is 0 Å². The van der Waals surface area contributed by atoms with Crippen molar-refractivity contribution in [3.8, 4) is 0 Å². The van der Waals surface area contributed by atoms with Gasteiger partial charge in [-0.15, -0.1) is 12.4 Å². The number of nitrogens with zero attached hydrogens (tertiary/aromatic N) is 1. The fourth-order valence-corrected chi connectivity index (χ4v) is 2.67. The van der Waals surface area contributed by atoms with Crippen LogP contribution >= 0.6 is 28.3 Å². The van der Waals surface area contributed by atoms with Crippen LogP contribution in [0.25, 0.3) is 0 Å². The molecule has 1 saturated heterocycles. The molecule has 0 amide bonds. The number of benzene rings is 1. The minimum absolute atomic E-state index is 0. The van der Waals surface area contributed by atoms with Crippen molar-refractivity contribution in [1.29, 1.82) is 0 Å². The summed E-state index contributed by atoms with van der Waals surface area (Å²) in [6.07, 6.45) is 0. The molecule has 1 aliphatic heterocycles. The van der Waals surface area contributed by atoms with E-state index in [0.29, 0.717) is 5.56 Å². The van der Waals surface area contributed by atoms with Gasteiger partial charge in [-0.25, -0.2) is 4.79 Å². The monoisotopic (exact) mass is 348 g/mol. The van der Waals surface area contributed by atoms with Crippen molar-refractivity contribution in [1.82, 2.24) is 5.32 Å². The Morgan fingerprint density at radius 3 is 2.58 bits per heavy atom. The maximum atomic E-state index is 11.7. The highest BCUT2D eigenvalue weighted by Gasteiger charge is 2.18. The Bertz CT molecular complexity index is 462. The molecular formula is C13H18BrClN2O2. The quantitative estimate of drug-likeness (QED) is 0.832. The number of halogens is 2. The van der Waals surface area contributed by atoms with E-state index < -0.39 is 0 Å². The van der Waals surface area contributed by atoms with Gasteiger partial charge in [-0.3, -0.25) is 0 Å². The molecule has 0 unspecified atom stereocenters. The number of carbonyl (C=O) groups excluding carboxylic acids is 1. The van der Waals surface area contributed by atoms with Crippen LogP contribution in [0.4, 0.5) is 5.69 Å². The van der Waals surface area contributed by atoms with Crippen LogP contribution in [0.3, 0.4) is 0 Å². The van der Waals surface area contributed by atoms with Crippen molar-refractivity contribution in [3.05, 3.63) is 27.7 Å². The molecule has 0 atom stereocenters. The van der Waals surface area contributed by atoms with E-state index in [-0.39, 0.29) is 18.4 Å². The topological polar surface area (TPSA) is 41.6 Å². The van der Waals surface area contributed by atoms with Crippen LogP contribution < -0.4 is 10.2 Å². The molecule has 1 heterocycles. The van der Waals surface area contributed by atoms with Crippen LogP contribution in [0.15, 0.2) is 16.6 Å². The second-order valence-corrected chi connectivity index (χ2v) is 5.24. The molecular weight excluding hydrogens is 332 g/mol. The van der Waals surface area contributed by atoms with E-state index in [2.05, 4.69) is 32.2 Å². The summed E-state index contributed by atoms with van der Waals surface area (Å²) >= 11 is 3.46. The van der Waals surface area contributed by atoms with E-state index in [4.69, 9.17) is 4.74 Å². The van der Waals surface area contributed by atoms with Crippen LogP contribution in [-0.4, -0.2) is 39.3 Å². The minimum atomic E-state index is -0.287. The Labute approximate surface area is 128 Å². The van der Waals surface area contributed by atoms with Crippen LogP contribution in [0.5, 0.6) is 0 Å². The zero-order valence-corrected chi connectivity index (χ0v) is 13.4. The fraction of sp³-hybridized carbons (Fsp3) is 0.462. The number of hydrogen-bond acceptors (Lipinski definition) is 4. The summed E-state index contributed by atoms with van der Waals surface area (Å²) in [7, 11) is 1.41. The third-order valence-corrected chi connectivity index (χ3v) is 3.67. The van der Waals surface area contributed by atoms with Gasteiger partial charge in [0.1, 0.15) is 0 Å². The molecule has 0 radical (unpaired) electrons. The number of methoxy groups -OCH3 is 1. The van der Waals surface area contributed by atoms with Crippen LogP contribution in [-0.2, 0) is 4.74 Å². The Morgan fingerprint density at radius 1 is 1.37 bits per heavy atom. The molecule has 0 aliphatic carbocycles. The van der Waals surface area contributed by atoms with E-state index >= 15 is 0 Å². The number of rotatable bonds is 2. The molecule has 1 aliphatic rings. The average Bonchev–Trinajstić information content (AvgIpc) is 2.41. The van der Waals surface area contributed by atoms with Crippen LogP contribution in [0.1, 0.15) is 15.9 Å². The number of nitrogens with one attached hydrogen (secondary N) is 1. The summed E-state index contributed by atoms with van der Waals surface area (Å²) in [6.45, 7) is 5.82. The zero-order valence-electron chi connectivity index (χ0n) is 11.0. The van der Waals surface area contributed by atoms with Gasteiger partial charge in [-0.1, -0.05) is 15.9 Å². The van der Waals surface area contributed by atoms with Gasteiger partial charge < -0.3 is 15.0 Å². The Hall–Kier alpha value is -0.780. The molecule has 1 aromatic rings. The minimum Gasteiger partial charge on any atom is -0.465 e. The molecule has 106 valence electrons. The number of carbonyl (C=O) groups is 1. The van der Waals surface area contributed by atoms with Gasteiger partial charge in [-0.05, 0) is 24.6 Å². The SMILES string of the molecule is COC(=O)c1cc(Br)cc(N2CCNCC2)c1C.Cl. The van der Waals surface area contributed by atoms with E-state index in [0.717, 1.165) is 41.9 Å². The Balaban J connectivity index is 0.00000180. The molecule has 0 aromatic heterocycles. The number of anilines is 1. The molecule has 19 heavy (non-hydrogen) atoms. The third kappa shape index (κ3) is 3.61. The lowest BCUT2D eigenvalue weighted by Gasteiger charge is -2.31. The maximum Gasteiger partial charge on any atom is 0.338 e. The first kappa shape index (κ1) is 16.3. The lowest BCUT2D eigenvalue weighted by Crippen LogP contribution is -2.43. The predicted octanol–water partition coefficient (Wildman–Crippen LogP) is 2.38. The smallest absolute Gasteiger partial charge is 0.338 e. The van der Waals surface area contributed by atoms with Crippen LogP contribution in [0, 0.1) is 6.92 Å². The van der Waals surface area contributed by atoms with Gasteiger partial charge in [0, 0.05) is 36.3 Å². The summed E-state index contributed by atoms with van der Waals surface area (Å²) in [6, 6.07) is 3.87. The van der Waals surface area contributed by atoms with Gasteiger partial charge in [0.15, 0.2) is 0 Å². The number of hydrogen-bond donors (Lipinski definition) is 1. The van der Waals surface area contributed by atoms with Gasteiger partial charge in [-0.2, -0.15) is 0 Å². The number of ether oxygens (including phenoxy) is 1. The summed E-state index contributed by atoms with van der Waals surface area (Å²) in [4.78, 5) is 14.0. The van der Waals surface area contributed by atoms with E-state index in [1.165, 1.54) is 7.11 Å². The second kappa shape index (κ2) is 7.12. The number of esters is 1. The van der Waals surface area contributed by atoms with Gasteiger partial charge in [0.25, 0.3) is 0 Å². The zero-order chi connectivity index (χ0) is 13.1. The maximum absolute atomic E-state index is 11.7. The summed E-state index contributed by atoms with van der Waals surface area (Å²) in [5.74, 6) is -0.287. The second-order valence-electron chi connectivity index (χ2n) is 4.33. The lowest BCUT2D eigenvalue weighted by atomic mass is 10.1.